The average molecular weight is 219 g/mol. The lowest BCUT2D eigenvalue weighted by molar-refractivity contribution is 0.292. The predicted octanol–water partition coefficient (Wildman–Crippen LogP) is 2.17. The molecule has 88 valence electrons. The molecule has 2 N–H and O–H groups in total. The van der Waals surface area contributed by atoms with Crippen LogP contribution in [0, 0.1) is 5.41 Å². The van der Waals surface area contributed by atoms with Gasteiger partial charge < -0.3 is 10.6 Å². The Kier molecular flexibility index (Phi) is 3.15. The molecule has 1 aliphatic rings. The summed E-state index contributed by atoms with van der Waals surface area (Å²) in [6.07, 6.45) is 4.42. The van der Waals surface area contributed by atoms with E-state index in [9.17, 15) is 0 Å². The molecule has 1 fully saturated rings. The third kappa shape index (κ3) is 2.53. The van der Waals surface area contributed by atoms with Crippen LogP contribution in [0.1, 0.15) is 32.3 Å². The second-order valence-corrected chi connectivity index (χ2v) is 5.42. The van der Waals surface area contributed by atoms with Crippen LogP contribution in [0.5, 0.6) is 0 Å². The van der Waals surface area contributed by atoms with E-state index in [0.717, 1.165) is 24.5 Å². The molecule has 0 atom stereocenters. The van der Waals surface area contributed by atoms with Crippen molar-refractivity contribution in [3.8, 4) is 0 Å². The van der Waals surface area contributed by atoms with Crippen molar-refractivity contribution in [3.05, 3.63) is 23.9 Å². The third-order valence-electron chi connectivity index (χ3n) is 3.27. The van der Waals surface area contributed by atoms with Gasteiger partial charge in [-0.3, -0.25) is 0 Å². The highest BCUT2D eigenvalue weighted by atomic mass is 15.2. The molecule has 3 heteroatoms. The molecule has 0 radical (unpaired) electrons. The maximum atomic E-state index is 5.66. The van der Waals surface area contributed by atoms with Gasteiger partial charge in [0.05, 0.1) is 0 Å². The highest BCUT2D eigenvalue weighted by molar-refractivity contribution is 5.41. The minimum Gasteiger partial charge on any atom is -0.356 e. The minimum atomic E-state index is 0.401. The second-order valence-electron chi connectivity index (χ2n) is 5.42. The molecule has 2 rings (SSSR count). The van der Waals surface area contributed by atoms with E-state index in [0.29, 0.717) is 12.0 Å². The Morgan fingerprint density at radius 1 is 1.50 bits per heavy atom. The van der Waals surface area contributed by atoms with Crippen LogP contribution in [-0.2, 0) is 6.54 Å². The molecule has 0 amide bonds. The van der Waals surface area contributed by atoms with Crippen LogP contribution in [0.25, 0.3) is 0 Å². The lowest BCUT2D eigenvalue weighted by Crippen LogP contribution is -2.40. The van der Waals surface area contributed by atoms with Crippen molar-refractivity contribution in [1.82, 2.24) is 4.98 Å². The molecule has 3 nitrogen and oxygen atoms in total. The molecule has 1 saturated heterocycles. The van der Waals surface area contributed by atoms with E-state index >= 15 is 0 Å². The van der Waals surface area contributed by atoms with Gasteiger partial charge in [-0.25, -0.2) is 4.98 Å². The number of nitrogens with zero attached hydrogens (tertiary/aromatic N) is 2. The van der Waals surface area contributed by atoms with E-state index in [1.807, 2.05) is 12.3 Å². The topological polar surface area (TPSA) is 42.1 Å². The molecule has 0 aliphatic carbocycles. The summed E-state index contributed by atoms with van der Waals surface area (Å²) in [5.41, 5.74) is 7.22. The summed E-state index contributed by atoms with van der Waals surface area (Å²) in [6.45, 7) is 7.45. The Bertz CT molecular complexity index is 360. The maximum Gasteiger partial charge on any atom is 0.128 e. The van der Waals surface area contributed by atoms with E-state index in [-0.39, 0.29) is 0 Å². The normalized spacial score (nSPS) is 19.8. The van der Waals surface area contributed by atoms with E-state index in [4.69, 9.17) is 5.73 Å². The van der Waals surface area contributed by atoms with Gasteiger partial charge in [0, 0.05) is 25.8 Å². The summed E-state index contributed by atoms with van der Waals surface area (Å²) in [7, 11) is 0. The first-order chi connectivity index (χ1) is 7.61. The maximum absolute atomic E-state index is 5.66. The number of hydrogen-bond donors (Lipinski definition) is 1. The lowest BCUT2D eigenvalue weighted by Gasteiger charge is -2.38. The van der Waals surface area contributed by atoms with Gasteiger partial charge in [-0.1, -0.05) is 13.8 Å². The number of pyridine rings is 1. The van der Waals surface area contributed by atoms with Crippen molar-refractivity contribution in [1.29, 1.82) is 0 Å². The van der Waals surface area contributed by atoms with Crippen LogP contribution >= 0.6 is 0 Å². The highest BCUT2D eigenvalue weighted by Gasteiger charge is 2.26. The number of rotatable bonds is 2. The molecule has 1 aromatic rings. The van der Waals surface area contributed by atoms with Gasteiger partial charge in [-0.05, 0) is 36.0 Å². The zero-order valence-corrected chi connectivity index (χ0v) is 10.2. The highest BCUT2D eigenvalue weighted by Crippen LogP contribution is 2.30. The first-order valence-electron chi connectivity index (χ1n) is 6.01. The summed E-state index contributed by atoms with van der Waals surface area (Å²) >= 11 is 0. The fraction of sp³-hybridized carbons (Fsp3) is 0.615. The van der Waals surface area contributed by atoms with Crippen molar-refractivity contribution < 1.29 is 0 Å². The summed E-state index contributed by atoms with van der Waals surface area (Å²) in [5, 5.41) is 0. The van der Waals surface area contributed by atoms with Crippen molar-refractivity contribution in [3.63, 3.8) is 0 Å². The molecular formula is C13H21N3. The van der Waals surface area contributed by atoms with Crippen LogP contribution in [0.3, 0.4) is 0 Å². The predicted molar refractivity (Wildman–Crippen MR) is 67.4 cm³/mol. The summed E-state index contributed by atoms with van der Waals surface area (Å²) in [6, 6.07) is 4.10. The van der Waals surface area contributed by atoms with Crippen LogP contribution in [0.15, 0.2) is 18.3 Å². The van der Waals surface area contributed by atoms with Crippen molar-refractivity contribution in [2.75, 3.05) is 18.0 Å². The Hall–Kier alpha value is -1.09. The average Bonchev–Trinajstić information content (AvgIpc) is 2.28. The quantitative estimate of drug-likeness (QED) is 0.829. The molecule has 0 spiro atoms. The van der Waals surface area contributed by atoms with E-state index in [2.05, 4.69) is 29.8 Å². The van der Waals surface area contributed by atoms with Crippen LogP contribution in [-0.4, -0.2) is 18.1 Å². The van der Waals surface area contributed by atoms with E-state index < -0.39 is 0 Å². The number of hydrogen-bond acceptors (Lipinski definition) is 3. The summed E-state index contributed by atoms with van der Waals surface area (Å²) in [5.74, 6) is 1.08. The van der Waals surface area contributed by atoms with E-state index in [1.54, 1.807) is 0 Å². The Morgan fingerprint density at radius 2 is 2.31 bits per heavy atom. The Labute approximate surface area is 97.7 Å². The van der Waals surface area contributed by atoms with E-state index in [1.165, 1.54) is 12.8 Å². The van der Waals surface area contributed by atoms with Crippen LogP contribution < -0.4 is 10.6 Å². The fourth-order valence-corrected chi connectivity index (χ4v) is 2.38. The summed E-state index contributed by atoms with van der Waals surface area (Å²) < 4.78 is 0. The van der Waals surface area contributed by atoms with Gasteiger partial charge in [0.2, 0.25) is 0 Å². The van der Waals surface area contributed by atoms with Gasteiger partial charge in [-0.15, -0.1) is 0 Å². The second kappa shape index (κ2) is 4.42. The van der Waals surface area contributed by atoms with Crippen molar-refractivity contribution in [2.24, 2.45) is 11.1 Å². The van der Waals surface area contributed by atoms with Gasteiger partial charge in [0.25, 0.3) is 0 Å². The lowest BCUT2D eigenvalue weighted by atomic mass is 9.84. The molecule has 16 heavy (non-hydrogen) atoms. The van der Waals surface area contributed by atoms with Gasteiger partial charge >= 0.3 is 0 Å². The number of nitrogens with two attached hydrogens (primary N) is 1. The summed E-state index contributed by atoms with van der Waals surface area (Å²) in [4.78, 5) is 6.82. The fourth-order valence-electron chi connectivity index (χ4n) is 2.38. The smallest absolute Gasteiger partial charge is 0.128 e. The first-order valence-corrected chi connectivity index (χ1v) is 6.01. The Balaban J connectivity index is 2.16. The van der Waals surface area contributed by atoms with Crippen LogP contribution in [0.2, 0.25) is 0 Å². The standard InChI is InChI=1S/C13H21N3/c1-13(2)5-3-7-16(10-13)12-8-11(9-14)4-6-15-12/h4,6,8H,3,5,7,9-10,14H2,1-2H3. The van der Waals surface area contributed by atoms with Gasteiger partial charge in [-0.2, -0.15) is 0 Å². The number of aromatic nitrogens is 1. The SMILES string of the molecule is CC1(C)CCCN(c2cc(CN)ccn2)C1. The van der Waals surface area contributed by atoms with Crippen LogP contribution in [0.4, 0.5) is 5.82 Å². The first kappa shape index (κ1) is 11.4. The van der Waals surface area contributed by atoms with Crippen molar-refractivity contribution in [2.45, 2.75) is 33.2 Å². The Morgan fingerprint density at radius 3 is 3.00 bits per heavy atom. The van der Waals surface area contributed by atoms with Gasteiger partial charge in [0.1, 0.15) is 5.82 Å². The zero-order chi connectivity index (χ0) is 11.6. The molecule has 0 aromatic carbocycles. The molecular weight excluding hydrogens is 198 g/mol. The molecule has 2 heterocycles. The van der Waals surface area contributed by atoms with Gasteiger partial charge in [0.15, 0.2) is 0 Å². The molecule has 0 unspecified atom stereocenters. The number of anilines is 1. The monoisotopic (exact) mass is 219 g/mol. The molecule has 0 saturated carbocycles. The van der Waals surface area contributed by atoms with Crippen molar-refractivity contribution >= 4 is 5.82 Å². The molecule has 0 bridgehead atoms. The largest absolute Gasteiger partial charge is 0.356 e. The third-order valence-corrected chi connectivity index (χ3v) is 3.27. The zero-order valence-electron chi connectivity index (χ0n) is 10.2. The number of piperidine rings is 1. The minimum absolute atomic E-state index is 0.401. The molecule has 1 aromatic heterocycles. The molecule has 1 aliphatic heterocycles.